The Balaban J connectivity index is 0.930. The summed E-state index contributed by atoms with van der Waals surface area (Å²) >= 11 is 0. The molecule has 356 valence electrons. The molecule has 76 heavy (non-hydrogen) atoms. The van der Waals surface area contributed by atoms with Crippen molar-refractivity contribution in [1.29, 1.82) is 0 Å². The van der Waals surface area contributed by atoms with Crippen LogP contribution in [0.5, 0.6) is 0 Å². The molecule has 12 aromatic carbocycles. The summed E-state index contributed by atoms with van der Waals surface area (Å²) in [6.45, 7) is 0. The van der Waals surface area contributed by atoms with Crippen LogP contribution in [0, 0.1) is 0 Å². The van der Waals surface area contributed by atoms with Crippen LogP contribution in [0.3, 0.4) is 0 Å². The fourth-order valence-electron chi connectivity index (χ4n) is 12.7. The number of fused-ring (bicyclic) bond motifs is 9. The highest BCUT2D eigenvalue weighted by Gasteiger charge is 2.41. The van der Waals surface area contributed by atoms with Gasteiger partial charge in [-0.2, -0.15) is 0 Å². The van der Waals surface area contributed by atoms with E-state index in [0.29, 0.717) is 0 Å². The molecule has 0 saturated heterocycles. The van der Waals surface area contributed by atoms with Crippen LogP contribution < -0.4 is 20.7 Å². The van der Waals surface area contributed by atoms with Gasteiger partial charge in [-0.15, -0.1) is 0 Å². The second-order valence-corrected chi connectivity index (χ2v) is 23.8. The molecule has 0 saturated carbocycles. The van der Waals surface area contributed by atoms with Crippen molar-refractivity contribution < 1.29 is 0 Å². The molecule has 0 fully saturated rings. The third kappa shape index (κ3) is 6.74. The molecule has 0 spiro atoms. The summed E-state index contributed by atoms with van der Waals surface area (Å²) in [4.78, 5) is 0. The maximum Gasteiger partial charge on any atom is 0.179 e. The topological polar surface area (TPSA) is 14.8 Å². The van der Waals surface area contributed by atoms with Crippen molar-refractivity contribution >= 4 is 94.2 Å². The molecule has 0 aliphatic heterocycles. The van der Waals surface area contributed by atoms with E-state index < -0.39 is 8.07 Å². The molecule has 3 heterocycles. The summed E-state index contributed by atoms with van der Waals surface area (Å²) in [5.74, 6) is 0. The van der Waals surface area contributed by atoms with Crippen molar-refractivity contribution in [2.75, 3.05) is 0 Å². The molecule has 0 radical (unpaired) electrons. The first-order valence-corrected chi connectivity index (χ1v) is 28.3. The van der Waals surface area contributed by atoms with E-state index in [4.69, 9.17) is 0 Å². The molecule has 0 bridgehead atoms. The average Bonchev–Trinajstić information content (AvgIpc) is 4.17. The Bertz CT molecular complexity index is 4480. The van der Waals surface area contributed by atoms with E-state index in [-0.39, 0.29) is 0 Å². The summed E-state index contributed by atoms with van der Waals surface area (Å²) < 4.78 is 7.41. The summed E-state index contributed by atoms with van der Waals surface area (Å²) in [5.41, 5.74) is 15.1. The van der Waals surface area contributed by atoms with Crippen molar-refractivity contribution in [3.05, 3.63) is 297 Å². The largest absolute Gasteiger partial charge is 0.309 e. The van der Waals surface area contributed by atoms with Crippen molar-refractivity contribution in [3.63, 3.8) is 0 Å². The van der Waals surface area contributed by atoms with Crippen LogP contribution in [0.1, 0.15) is 0 Å². The quantitative estimate of drug-likeness (QED) is 0.101. The van der Waals surface area contributed by atoms with Crippen LogP contribution in [0.2, 0.25) is 0 Å². The predicted octanol–water partition coefficient (Wildman–Crippen LogP) is 15.7. The van der Waals surface area contributed by atoms with Gasteiger partial charge in [-0.25, -0.2) is 0 Å². The summed E-state index contributed by atoms with van der Waals surface area (Å²) in [6.07, 6.45) is 0. The Morgan fingerprint density at radius 2 is 0.566 bits per heavy atom. The zero-order chi connectivity index (χ0) is 50.2. The highest BCUT2D eigenvalue weighted by molar-refractivity contribution is 7.19. The molecular formula is C72H49N3Si. The highest BCUT2D eigenvalue weighted by Crippen LogP contribution is 2.42. The van der Waals surface area contributed by atoms with E-state index in [1.165, 1.54) is 91.9 Å². The van der Waals surface area contributed by atoms with Gasteiger partial charge in [-0.05, 0) is 104 Å². The highest BCUT2D eigenvalue weighted by atomic mass is 28.3. The molecular weight excluding hydrogens is 935 g/mol. The molecule has 0 amide bonds. The van der Waals surface area contributed by atoms with Gasteiger partial charge in [0.05, 0.1) is 38.8 Å². The van der Waals surface area contributed by atoms with E-state index in [1.54, 1.807) is 0 Å². The van der Waals surface area contributed by atoms with Gasteiger partial charge in [0.2, 0.25) is 0 Å². The molecule has 0 atom stereocenters. The monoisotopic (exact) mass is 983 g/mol. The number of hydrogen-bond acceptors (Lipinski definition) is 0. The number of para-hydroxylation sites is 5. The first kappa shape index (κ1) is 43.8. The Kier molecular flexibility index (Phi) is 10.2. The number of aromatic nitrogens is 3. The molecule has 4 heteroatoms. The van der Waals surface area contributed by atoms with Gasteiger partial charge >= 0.3 is 0 Å². The lowest BCUT2D eigenvalue weighted by Gasteiger charge is -2.34. The lowest BCUT2D eigenvalue weighted by Crippen LogP contribution is -2.74. The van der Waals surface area contributed by atoms with E-state index in [1.807, 2.05) is 0 Å². The number of nitrogens with zero attached hydrogens (tertiary/aromatic N) is 3. The van der Waals surface area contributed by atoms with E-state index >= 15 is 0 Å². The van der Waals surface area contributed by atoms with Gasteiger partial charge in [0.1, 0.15) is 0 Å². The number of benzene rings is 12. The Hall–Kier alpha value is -9.74. The van der Waals surface area contributed by atoms with E-state index in [2.05, 4.69) is 311 Å². The van der Waals surface area contributed by atoms with Gasteiger partial charge < -0.3 is 13.7 Å². The van der Waals surface area contributed by atoms with Gasteiger partial charge in [-0.3, -0.25) is 0 Å². The van der Waals surface area contributed by atoms with Crippen molar-refractivity contribution in [2.24, 2.45) is 0 Å². The van der Waals surface area contributed by atoms with Crippen LogP contribution >= 0.6 is 0 Å². The Labute approximate surface area is 442 Å². The SMILES string of the molecule is c1ccc([Si](c2ccccc2)(c2ccccc2)c2cccc(-c3ccc(-c4cc(-n5c6ccccc6c6ccccc65)cc(-n5c6ccccc6c6c(-n7c8ccccc8c8ccccc87)cccc65)c4)cc3)c2)cc1. The second kappa shape index (κ2) is 17.7. The standard InChI is InChI=1S/C72H49N3Si/c1-4-23-56(24-5-1)76(57-25-6-2-7-26-57,58-27-8-3-9-28-58)59-29-20-22-52(48-59)50-42-44-51(45-43-50)53-46-54(73-65-35-15-10-30-60(65)61-31-11-16-36-66(61)73)49-55(47-53)74-69-39-19-14-34-64(69)72-70(74)40-21-41-71(72)75-67-37-17-12-32-62(67)63-33-13-18-38-68(63)75/h1-49H. The zero-order valence-corrected chi connectivity index (χ0v) is 42.6. The molecule has 0 unspecified atom stereocenters. The van der Waals surface area contributed by atoms with Crippen LogP contribution in [-0.4, -0.2) is 21.8 Å². The van der Waals surface area contributed by atoms with Gasteiger partial charge in [0.15, 0.2) is 8.07 Å². The van der Waals surface area contributed by atoms with Crippen molar-refractivity contribution in [3.8, 4) is 39.3 Å². The maximum atomic E-state index is 2.49. The molecule has 0 N–H and O–H groups in total. The fraction of sp³-hybridized carbons (Fsp3) is 0. The van der Waals surface area contributed by atoms with Crippen LogP contribution in [0.25, 0.3) is 105 Å². The molecule has 0 aliphatic carbocycles. The maximum absolute atomic E-state index is 2.72. The number of hydrogen-bond donors (Lipinski definition) is 0. The fourth-order valence-corrected chi connectivity index (χ4v) is 17.5. The van der Waals surface area contributed by atoms with Gasteiger partial charge in [-0.1, -0.05) is 237 Å². The second-order valence-electron chi connectivity index (χ2n) is 20.0. The molecule has 15 rings (SSSR count). The van der Waals surface area contributed by atoms with Crippen LogP contribution in [0.15, 0.2) is 297 Å². The lowest BCUT2D eigenvalue weighted by molar-refractivity contribution is 1.13. The third-order valence-corrected chi connectivity index (χ3v) is 20.7. The molecule has 3 aromatic heterocycles. The number of rotatable bonds is 9. The van der Waals surface area contributed by atoms with Crippen LogP contribution in [0.4, 0.5) is 0 Å². The first-order chi connectivity index (χ1) is 37.7. The smallest absolute Gasteiger partial charge is 0.179 e. The zero-order valence-electron chi connectivity index (χ0n) is 41.6. The van der Waals surface area contributed by atoms with E-state index in [9.17, 15) is 0 Å². The minimum absolute atomic E-state index is 1.10. The minimum Gasteiger partial charge on any atom is -0.309 e. The Morgan fingerprint density at radius 1 is 0.211 bits per heavy atom. The van der Waals surface area contributed by atoms with E-state index in [0.717, 1.165) is 33.5 Å². The minimum atomic E-state index is -2.72. The summed E-state index contributed by atoms with van der Waals surface area (Å²) in [6, 6.07) is 110. The van der Waals surface area contributed by atoms with Crippen molar-refractivity contribution in [1.82, 2.24) is 13.7 Å². The van der Waals surface area contributed by atoms with Crippen LogP contribution in [-0.2, 0) is 0 Å². The predicted molar refractivity (Wildman–Crippen MR) is 324 cm³/mol. The van der Waals surface area contributed by atoms with Crippen molar-refractivity contribution in [2.45, 2.75) is 0 Å². The van der Waals surface area contributed by atoms with Gasteiger partial charge in [0, 0.05) is 43.7 Å². The average molecular weight is 984 g/mol. The molecule has 0 aliphatic rings. The third-order valence-electron chi connectivity index (χ3n) is 16.0. The molecule has 3 nitrogen and oxygen atoms in total. The lowest BCUT2D eigenvalue weighted by atomic mass is 9.99. The molecule has 15 aromatic rings. The van der Waals surface area contributed by atoms with Gasteiger partial charge in [0.25, 0.3) is 0 Å². The summed E-state index contributed by atoms with van der Waals surface area (Å²) in [5, 5.41) is 12.9. The summed E-state index contributed by atoms with van der Waals surface area (Å²) in [7, 11) is -2.72. The first-order valence-electron chi connectivity index (χ1n) is 26.3. The Morgan fingerprint density at radius 3 is 1.05 bits per heavy atom. The normalized spacial score (nSPS) is 11.9.